The van der Waals surface area contributed by atoms with Gasteiger partial charge in [0, 0.05) is 20.8 Å². The molecule has 0 atom stereocenters. The summed E-state index contributed by atoms with van der Waals surface area (Å²) in [7, 11) is 0. The van der Waals surface area contributed by atoms with Crippen LogP contribution in [0.1, 0.15) is 23.1 Å². The Morgan fingerprint density at radius 2 is 1.84 bits per heavy atom. The van der Waals surface area contributed by atoms with Gasteiger partial charge in [-0.1, -0.05) is 33.8 Å². The second-order valence-corrected chi connectivity index (χ2v) is 6.95. The van der Waals surface area contributed by atoms with Gasteiger partial charge in [-0.25, -0.2) is 0 Å². The van der Waals surface area contributed by atoms with Gasteiger partial charge >= 0.3 is 0 Å². The van der Waals surface area contributed by atoms with Crippen LogP contribution in [0, 0.1) is 0 Å². The Kier molecular flexibility index (Phi) is 3.96. The Bertz CT molecular complexity index is 610. The van der Waals surface area contributed by atoms with E-state index in [-0.39, 0.29) is 0 Å². The molecule has 3 heteroatoms. The maximum Gasteiger partial charge on any atom is 0.0189 e. The molecular formula is C16H16BrNS. The quantitative estimate of drug-likeness (QED) is 0.891. The normalized spacial score (nSPS) is 13.6. The van der Waals surface area contributed by atoms with Crippen molar-refractivity contribution in [1.82, 2.24) is 0 Å². The van der Waals surface area contributed by atoms with Gasteiger partial charge in [0.1, 0.15) is 0 Å². The van der Waals surface area contributed by atoms with E-state index in [0.717, 1.165) is 10.0 Å². The molecule has 0 saturated heterocycles. The Labute approximate surface area is 126 Å². The van der Waals surface area contributed by atoms with Gasteiger partial charge in [0.05, 0.1) is 0 Å². The molecule has 0 radical (unpaired) electrons. The molecule has 0 spiro atoms. The summed E-state index contributed by atoms with van der Waals surface area (Å²) in [5, 5.41) is 0. The van der Waals surface area contributed by atoms with E-state index in [1.807, 2.05) is 11.8 Å². The third kappa shape index (κ3) is 3.04. The Morgan fingerprint density at radius 1 is 1.00 bits per heavy atom. The zero-order valence-corrected chi connectivity index (χ0v) is 13.1. The van der Waals surface area contributed by atoms with Crippen LogP contribution in [0.25, 0.3) is 0 Å². The van der Waals surface area contributed by atoms with Crippen molar-refractivity contribution in [3.8, 4) is 0 Å². The van der Waals surface area contributed by atoms with Crippen LogP contribution in [0.2, 0.25) is 0 Å². The highest BCUT2D eigenvalue weighted by atomic mass is 79.9. The van der Waals surface area contributed by atoms with E-state index < -0.39 is 0 Å². The van der Waals surface area contributed by atoms with Gasteiger partial charge in [-0.2, -0.15) is 0 Å². The third-order valence-corrected chi connectivity index (χ3v) is 4.89. The van der Waals surface area contributed by atoms with E-state index in [1.165, 1.54) is 40.2 Å². The monoisotopic (exact) mass is 333 g/mol. The summed E-state index contributed by atoms with van der Waals surface area (Å²) >= 11 is 5.36. The molecule has 3 rings (SSSR count). The molecule has 1 aliphatic carbocycles. The number of hydrogen-bond acceptors (Lipinski definition) is 2. The highest BCUT2D eigenvalue weighted by molar-refractivity contribution is 9.10. The summed E-state index contributed by atoms with van der Waals surface area (Å²) in [6.07, 6.45) is 3.78. The number of hydrogen-bond donors (Lipinski definition) is 1. The Morgan fingerprint density at radius 3 is 2.68 bits per heavy atom. The lowest BCUT2D eigenvalue weighted by Gasteiger charge is -2.07. The predicted octanol–water partition coefficient (Wildman–Crippen LogP) is 4.55. The van der Waals surface area contributed by atoms with Crippen LogP contribution < -0.4 is 5.73 Å². The topological polar surface area (TPSA) is 26.0 Å². The molecule has 19 heavy (non-hydrogen) atoms. The summed E-state index contributed by atoms with van der Waals surface area (Å²) in [4.78, 5) is 2.56. The third-order valence-electron chi connectivity index (χ3n) is 3.47. The highest BCUT2D eigenvalue weighted by Crippen LogP contribution is 2.33. The van der Waals surface area contributed by atoms with Crippen molar-refractivity contribution in [3.63, 3.8) is 0 Å². The van der Waals surface area contributed by atoms with E-state index >= 15 is 0 Å². The van der Waals surface area contributed by atoms with Crippen molar-refractivity contribution >= 4 is 27.7 Å². The molecule has 2 N–H and O–H groups in total. The summed E-state index contributed by atoms with van der Waals surface area (Å²) in [6.45, 7) is 0.581. The van der Waals surface area contributed by atoms with Gasteiger partial charge in [0.25, 0.3) is 0 Å². The molecule has 0 unspecified atom stereocenters. The van der Waals surface area contributed by atoms with Crippen LogP contribution >= 0.6 is 27.7 Å². The predicted molar refractivity (Wildman–Crippen MR) is 84.6 cm³/mol. The zero-order valence-electron chi connectivity index (χ0n) is 10.7. The fraction of sp³-hybridized carbons (Fsp3) is 0.250. The largest absolute Gasteiger partial charge is 0.326 e. The number of benzene rings is 2. The second-order valence-electron chi connectivity index (χ2n) is 4.89. The molecular weight excluding hydrogens is 318 g/mol. The first-order valence-corrected chi connectivity index (χ1v) is 8.15. The smallest absolute Gasteiger partial charge is 0.0189 e. The van der Waals surface area contributed by atoms with Crippen LogP contribution in [-0.2, 0) is 19.4 Å². The molecule has 0 aliphatic heterocycles. The molecule has 0 bridgehead atoms. The summed E-state index contributed by atoms with van der Waals surface area (Å²) < 4.78 is 1.10. The first-order valence-electron chi connectivity index (χ1n) is 6.54. The van der Waals surface area contributed by atoms with Crippen LogP contribution in [0.5, 0.6) is 0 Å². The summed E-state index contributed by atoms with van der Waals surface area (Å²) in [5.41, 5.74) is 9.95. The van der Waals surface area contributed by atoms with E-state index in [1.54, 1.807) is 0 Å². The fourth-order valence-corrected chi connectivity index (χ4v) is 4.24. The molecule has 98 valence electrons. The molecule has 1 aliphatic rings. The number of nitrogens with two attached hydrogens (primary N) is 1. The average molecular weight is 334 g/mol. The molecule has 2 aromatic rings. The maximum atomic E-state index is 5.72. The number of aryl methyl sites for hydroxylation is 2. The van der Waals surface area contributed by atoms with Crippen LogP contribution in [0.4, 0.5) is 0 Å². The van der Waals surface area contributed by atoms with Gasteiger partial charge in [0.15, 0.2) is 0 Å². The van der Waals surface area contributed by atoms with Gasteiger partial charge in [-0.05, 0) is 66.3 Å². The van der Waals surface area contributed by atoms with Crippen molar-refractivity contribution in [2.45, 2.75) is 35.6 Å². The van der Waals surface area contributed by atoms with Crippen molar-refractivity contribution < 1.29 is 0 Å². The van der Waals surface area contributed by atoms with Gasteiger partial charge in [0.2, 0.25) is 0 Å². The maximum absolute atomic E-state index is 5.72. The van der Waals surface area contributed by atoms with Gasteiger partial charge in [-0.15, -0.1) is 0 Å². The Balaban J connectivity index is 1.86. The minimum absolute atomic E-state index is 0.581. The molecule has 0 saturated carbocycles. The Hall–Kier alpha value is -0.770. The minimum Gasteiger partial charge on any atom is -0.326 e. The van der Waals surface area contributed by atoms with E-state index in [4.69, 9.17) is 5.73 Å². The molecule has 2 aromatic carbocycles. The molecule has 0 amide bonds. The van der Waals surface area contributed by atoms with Gasteiger partial charge in [-0.3, -0.25) is 0 Å². The van der Waals surface area contributed by atoms with Crippen molar-refractivity contribution in [3.05, 3.63) is 57.6 Å². The fourth-order valence-electron chi connectivity index (χ4n) is 2.55. The zero-order chi connectivity index (χ0) is 13.2. The molecule has 0 heterocycles. The number of halogens is 1. The van der Waals surface area contributed by atoms with Crippen molar-refractivity contribution in [2.24, 2.45) is 5.73 Å². The second kappa shape index (κ2) is 5.70. The van der Waals surface area contributed by atoms with Crippen LogP contribution in [0.3, 0.4) is 0 Å². The first-order chi connectivity index (χ1) is 9.24. The van der Waals surface area contributed by atoms with Crippen molar-refractivity contribution in [1.29, 1.82) is 0 Å². The van der Waals surface area contributed by atoms with E-state index in [9.17, 15) is 0 Å². The van der Waals surface area contributed by atoms with Crippen molar-refractivity contribution in [2.75, 3.05) is 0 Å². The lowest BCUT2D eigenvalue weighted by Crippen LogP contribution is -1.96. The SMILES string of the molecule is NCc1cc(Br)cc(Sc2ccc3c(c2)CCC3)c1. The minimum atomic E-state index is 0.581. The number of fused-ring (bicyclic) bond motifs is 1. The number of rotatable bonds is 3. The van der Waals surface area contributed by atoms with Crippen LogP contribution in [-0.4, -0.2) is 0 Å². The molecule has 0 aromatic heterocycles. The lowest BCUT2D eigenvalue weighted by molar-refractivity contribution is 0.911. The van der Waals surface area contributed by atoms with E-state index in [0.29, 0.717) is 6.54 Å². The lowest BCUT2D eigenvalue weighted by atomic mass is 10.1. The first kappa shape index (κ1) is 13.2. The standard InChI is InChI=1S/C16H16BrNS/c17-14-6-11(10-18)7-16(9-14)19-15-5-4-12-2-1-3-13(12)8-15/h4-9H,1-3,10,18H2. The highest BCUT2D eigenvalue weighted by Gasteiger charge is 2.11. The molecule has 0 fully saturated rings. The van der Waals surface area contributed by atoms with E-state index in [2.05, 4.69) is 52.3 Å². The average Bonchev–Trinajstić information content (AvgIpc) is 2.85. The summed E-state index contributed by atoms with van der Waals surface area (Å²) in [6, 6.07) is 13.3. The summed E-state index contributed by atoms with van der Waals surface area (Å²) in [5.74, 6) is 0. The van der Waals surface area contributed by atoms with Crippen LogP contribution in [0.15, 0.2) is 50.7 Å². The van der Waals surface area contributed by atoms with Gasteiger partial charge < -0.3 is 5.73 Å². The molecule has 1 nitrogen and oxygen atoms in total.